The molecule has 33 heavy (non-hydrogen) atoms. The molecule has 1 amide bonds. The van der Waals surface area contributed by atoms with Gasteiger partial charge in [0.1, 0.15) is 0 Å². The summed E-state index contributed by atoms with van der Waals surface area (Å²) in [6, 6.07) is 8.58. The monoisotopic (exact) mass is 525 g/mol. The molecule has 1 aliphatic rings. The Morgan fingerprint density at radius 2 is 1.82 bits per heavy atom. The first-order valence-corrected chi connectivity index (χ1v) is 10.9. The molecule has 0 bridgehead atoms. The van der Waals surface area contributed by atoms with Crippen LogP contribution in [0.15, 0.2) is 47.1 Å². The van der Waals surface area contributed by atoms with E-state index >= 15 is 0 Å². The number of alkyl halides is 3. The molecule has 0 saturated carbocycles. The number of nitrogens with zero attached hydrogens (tertiary/aromatic N) is 3. The molecular formula is C22H19BrF3N3O4. The van der Waals surface area contributed by atoms with Crippen LogP contribution in [0.5, 0.6) is 0 Å². The van der Waals surface area contributed by atoms with Gasteiger partial charge in [0.05, 0.1) is 10.4 Å². The second kappa shape index (κ2) is 8.14. The van der Waals surface area contributed by atoms with Crippen LogP contribution in [0.25, 0.3) is 16.6 Å². The van der Waals surface area contributed by atoms with Gasteiger partial charge in [-0.15, -0.1) is 0 Å². The van der Waals surface area contributed by atoms with Crippen molar-refractivity contribution in [1.29, 1.82) is 0 Å². The largest absolute Gasteiger partial charge is 0.430 e. The zero-order valence-corrected chi connectivity index (χ0v) is 19.0. The molecule has 2 heterocycles. The number of rotatable bonds is 4. The zero-order valence-electron chi connectivity index (χ0n) is 17.4. The van der Waals surface area contributed by atoms with Crippen molar-refractivity contribution >= 4 is 38.4 Å². The average molecular weight is 526 g/mol. The van der Waals surface area contributed by atoms with E-state index < -0.39 is 28.2 Å². The number of hydrogen-bond acceptors (Lipinski definition) is 4. The molecule has 1 unspecified atom stereocenters. The van der Waals surface area contributed by atoms with Crippen LogP contribution in [-0.2, 0) is 10.4 Å². The van der Waals surface area contributed by atoms with Crippen LogP contribution in [0.4, 0.5) is 18.9 Å². The van der Waals surface area contributed by atoms with Gasteiger partial charge >= 0.3 is 6.18 Å². The minimum atomic E-state index is -5.28. The molecule has 174 valence electrons. The number of fused-ring (bicyclic) bond motifs is 1. The van der Waals surface area contributed by atoms with E-state index in [0.717, 1.165) is 11.1 Å². The van der Waals surface area contributed by atoms with Crippen LogP contribution in [0.3, 0.4) is 0 Å². The Bertz CT molecular complexity index is 1270. The summed E-state index contributed by atoms with van der Waals surface area (Å²) >= 11 is 3.25. The molecule has 0 radical (unpaired) electrons. The van der Waals surface area contributed by atoms with Gasteiger partial charge in [0, 0.05) is 52.5 Å². The third kappa shape index (κ3) is 3.78. The first kappa shape index (κ1) is 23.2. The van der Waals surface area contributed by atoms with E-state index in [-0.39, 0.29) is 24.2 Å². The number of likely N-dealkylation sites (tertiary alicyclic amines) is 1. The van der Waals surface area contributed by atoms with Gasteiger partial charge in [-0.2, -0.15) is 13.2 Å². The van der Waals surface area contributed by atoms with Crippen LogP contribution >= 0.6 is 15.9 Å². The van der Waals surface area contributed by atoms with Crippen molar-refractivity contribution in [2.24, 2.45) is 0 Å². The fraction of sp³-hybridized carbons (Fsp3) is 0.318. The van der Waals surface area contributed by atoms with Crippen LogP contribution < -0.4 is 0 Å². The van der Waals surface area contributed by atoms with Crippen molar-refractivity contribution in [1.82, 2.24) is 9.47 Å². The number of nitro groups is 1. The lowest BCUT2D eigenvalue weighted by Gasteiger charge is -2.32. The molecule has 0 spiro atoms. The topological polar surface area (TPSA) is 88.6 Å². The van der Waals surface area contributed by atoms with Gasteiger partial charge in [-0.3, -0.25) is 14.9 Å². The third-order valence-electron chi connectivity index (χ3n) is 5.92. The van der Waals surface area contributed by atoms with Crippen molar-refractivity contribution in [2.45, 2.75) is 31.5 Å². The van der Waals surface area contributed by atoms with Crippen molar-refractivity contribution in [3.05, 3.63) is 68.3 Å². The van der Waals surface area contributed by atoms with Crippen molar-refractivity contribution in [2.75, 3.05) is 13.1 Å². The van der Waals surface area contributed by atoms with E-state index in [1.165, 1.54) is 28.8 Å². The predicted molar refractivity (Wildman–Crippen MR) is 118 cm³/mol. The molecule has 1 N–H and O–H groups in total. The van der Waals surface area contributed by atoms with Crippen molar-refractivity contribution in [3.8, 4) is 5.69 Å². The number of halogens is 4. The van der Waals surface area contributed by atoms with Crippen LogP contribution in [-0.4, -0.2) is 44.7 Å². The maximum atomic E-state index is 14.4. The highest BCUT2D eigenvalue weighted by Crippen LogP contribution is 2.45. The number of aryl methyl sites for hydroxylation is 1. The second-order valence-corrected chi connectivity index (χ2v) is 8.93. The summed E-state index contributed by atoms with van der Waals surface area (Å²) in [6.07, 6.45) is -3.06. The first-order valence-electron chi connectivity index (χ1n) is 10.1. The van der Waals surface area contributed by atoms with E-state index in [2.05, 4.69) is 15.9 Å². The predicted octanol–water partition coefficient (Wildman–Crippen LogP) is 4.98. The lowest BCUT2D eigenvalue weighted by Crippen LogP contribution is -2.55. The van der Waals surface area contributed by atoms with Crippen LogP contribution in [0.1, 0.15) is 24.0 Å². The fourth-order valence-electron chi connectivity index (χ4n) is 4.25. The Kier molecular flexibility index (Phi) is 5.73. The van der Waals surface area contributed by atoms with Gasteiger partial charge in [-0.25, -0.2) is 0 Å². The number of non-ortho nitro benzene ring substituents is 1. The number of nitro benzene ring substituents is 1. The van der Waals surface area contributed by atoms with Crippen LogP contribution in [0, 0.1) is 17.0 Å². The Labute approximate surface area is 194 Å². The highest BCUT2D eigenvalue weighted by molar-refractivity contribution is 9.10. The van der Waals surface area contributed by atoms with Gasteiger partial charge in [0.15, 0.2) is 0 Å². The molecule has 1 aromatic heterocycles. The quantitative estimate of drug-likeness (QED) is 0.384. The van der Waals surface area contributed by atoms with E-state index in [1.54, 1.807) is 19.1 Å². The number of amides is 1. The molecule has 3 aromatic rings. The molecule has 0 aliphatic carbocycles. The van der Waals surface area contributed by atoms with Gasteiger partial charge in [0.2, 0.25) is 0 Å². The lowest BCUT2D eigenvalue weighted by atomic mass is 9.91. The highest BCUT2D eigenvalue weighted by Gasteiger charge is 2.63. The number of aliphatic hydroxyl groups is 1. The van der Waals surface area contributed by atoms with E-state index in [4.69, 9.17) is 0 Å². The Balaban J connectivity index is 1.99. The van der Waals surface area contributed by atoms with E-state index in [0.29, 0.717) is 34.1 Å². The SMILES string of the molecule is Cc1cc([N+](=O)[O-])ccc1-n1cc(C(O)(C(=O)N2CCCC2)C(F)(F)F)c2cc(Br)ccc21. The molecule has 1 fully saturated rings. The molecule has 2 aromatic carbocycles. The Morgan fingerprint density at radius 3 is 2.39 bits per heavy atom. The van der Waals surface area contributed by atoms with Crippen LogP contribution in [0.2, 0.25) is 0 Å². The number of carbonyl (C=O) groups is 1. The summed E-state index contributed by atoms with van der Waals surface area (Å²) in [7, 11) is 0. The number of aromatic nitrogens is 1. The molecule has 1 atom stereocenters. The highest BCUT2D eigenvalue weighted by atomic mass is 79.9. The second-order valence-electron chi connectivity index (χ2n) is 8.01. The summed E-state index contributed by atoms with van der Waals surface area (Å²) in [6.45, 7) is 1.88. The fourth-order valence-corrected chi connectivity index (χ4v) is 4.61. The maximum absolute atomic E-state index is 14.4. The summed E-state index contributed by atoms with van der Waals surface area (Å²) in [5.74, 6) is -1.41. The summed E-state index contributed by atoms with van der Waals surface area (Å²) in [5.41, 5.74) is -3.37. The minimum absolute atomic E-state index is 0.0366. The first-order chi connectivity index (χ1) is 15.4. The normalized spacial score (nSPS) is 16.2. The third-order valence-corrected chi connectivity index (χ3v) is 6.41. The Morgan fingerprint density at radius 1 is 1.15 bits per heavy atom. The standard InChI is InChI=1S/C22H19BrF3N3O4/c1-13-10-15(29(32)33)5-7-18(13)28-12-17(16-11-14(23)4-6-19(16)28)21(31,22(24,25)26)20(30)27-8-2-3-9-27/h4-7,10-12,31H,2-3,8-9H2,1H3. The van der Waals surface area contributed by atoms with Crippen molar-refractivity contribution in [3.63, 3.8) is 0 Å². The number of carbonyl (C=O) groups excluding carboxylic acids is 1. The number of benzene rings is 2. The average Bonchev–Trinajstić information content (AvgIpc) is 3.40. The van der Waals surface area contributed by atoms with Gasteiger partial charge in [-0.1, -0.05) is 15.9 Å². The van der Waals surface area contributed by atoms with E-state index in [9.17, 15) is 33.2 Å². The molecule has 1 aliphatic heterocycles. The van der Waals surface area contributed by atoms with Gasteiger partial charge < -0.3 is 14.6 Å². The summed E-state index contributed by atoms with van der Waals surface area (Å²) in [5, 5.41) is 22.2. The van der Waals surface area contributed by atoms with Gasteiger partial charge in [-0.05, 0) is 49.6 Å². The molecule has 1 saturated heterocycles. The lowest BCUT2D eigenvalue weighted by molar-refractivity contribution is -0.384. The Hall–Kier alpha value is -2.92. The van der Waals surface area contributed by atoms with Crippen molar-refractivity contribution < 1.29 is 28.0 Å². The summed E-state index contributed by atoms with van der Waals surface area (Å²) in [4.78, 5) is 24.6. The zero-order chi connectivity index (χ0) is 24.1. The smallest absolute Gasteiger partial charge is 0.368 e. The molecule has 11 heteroatoms. The minimum Gasteiger partial charge on any atom is -0.368 e. The van der Waals surface area contributed by atoms with E-state index in [1.807, 2.05) is 0 Å². The number of hydrogen-bond donors (Lipinski definition) is 1. The molecular weight excluding hydrogens is 507 g/mol. The molecule has 7 nitrogen and oxygen atoms in total. The molecule has 4 rings (SSSR count). The van der Waals surface area contributed by atoms with Gasteiger partial charge in [0.25, 0.3) is 17.2 Å². The summed E-state index contributed by atoms with van der Waals surface area (Å²) < 4.78 is 45.0. The maximum Gasteiger partial charge on any atom is 0.430 e.